The van der Waals surface area contributed by atoms with Crippen LogP contribution in [0.4, 0.5) is 0 Å². The molecule has 2 aliphatic rings. The van der Waals surface area contributed by atoms with Gasteiger partial charge < -0.3 is 0 Å². The van der Waals surface area contributed by atoms with Crippen LogP contribution in [0.25, 0.3) is 56.1 Å². The number of nitrogens with zero attached hydrogens (tertiary/aromatic N) is 4. The van der Waals surface area contributed by atoms with E-state index in [0.29, 0.717) is 23.0 Å². The van der Waals surface area contributed by atoms with Gasteiger partial charge in [-0.25, -0.2) is 15.0 Å². The minimum absolute atomic E-state index is 0.197. The third kappa shape index (κ3) is 6.23. The number of rotatable bonds is 7. The van der Waals surface area contributed by atoms with E-state index in [-0.39, 0.29) is 5.41 Å². The molecule has 60 heavy (non-hydrogen) atoms. The van der Waals surface area contributed by atoms with Gasteiger partial charge in [0.05, 0.1) is 17.0 Å². The van der Waals surface area contributed by atoms with E-state index in [0.717, 1.165) is 45.7 Å². The monoisotopic (exact) mass is 776 g/mol. The van der Waals surface area contributed by atoms with E-state index in [9.17, 15) is 5.26 Å². The molecule has 1 aromatic heterocycles. The van der Waals surface area contributed by atoms with E-state index >= 15 is 0 Å². The summed E-state index contributed by atoms with van der Waals surface area (Å²) >= 11 is 0. The Kier molecular flexibility index (Phi) is 9.49. The first-order valence-electron chi connectivity index (χ1n) is 21.6. The highest BCUT2D eigenvalue weighted by molar-refractivity contribution is 5.91. The summed E-state index contributed by atoms with van der Waals surface area (Å²) in [5, 5.41) is 11.6. The van der Waals surface area contributed by atoms with Gasteiger partial charge in [0.1, 0.15) is 0 Å². The summed E-state index contributed by atoms with van der Waals surface area (Å²) in [5.74, 6) is 3.27. The van der Waals surface area contributed by atoms with Crippen molar-refractivity contribution < 1.29 is 0 Å². The smallest absolute Gasteiger partial charge is 0.164 e. The molecule has 8 aromatic rings. The van der Waals surface area contributed by atoms with Crippen LogP contribution in [0.1, 0.15) is 86.3 Å². The average Bonchev–Trinajstić information content (AvgIpc) is 3.51. The predicted octanol–water partition coefficient (Wildman–Crippen LogP) is 13.8. The molecule has 4 nitrogen and oxygen atoms in total. The first-order valence-corrected chi connectivity index (χ1v) is 21.6. The fourth-order valence-electron chi connectivity index (χ4n) is 10.8. The van der Waals surface area contributed by atoms with Crippen LogP contribution in [0.15, 0.2) is 164 Å². The zero-order valence-corrected chi connectivity index (χ0v) is 34.6. The summed E-state index contributed by atoms with van der Waals surface area (Å²) in [6, 6.07) is 60.9. The van der Waals surface area contributed by atoms with Crippen molar-refractivity contribution in [1.29, 1.82) is 5.26 Å². The minimum atomic E-state index is -0.513. The van der Waals surface area contributed by atoms with Crippen LogP contribution in [0.2, 0.25) is 0 Å². The molecule has 7 aromatic carbocycles. The number of benzene rings is 7. The number of hydrogen-bond acceptors (Lipinski definition) is 4. The second kappa shape index (κ2) is 15.2. The molecule has 2 aliphatic carbocycles. The lowest BCUT2D eigenvalue weighted by Crippen LogP contribution is -2.30. The van der Waals surface area contributed by atoms with Crippen LogP contribution in [0, 0.1) is 23.2 Å². The molecule has 1 saturated carbocycles. The van der Waals surface area contributed by atoms with E-state index in [1.54, 1.807) is 0 Å². The van der Waals surface area contributed by atoms with Gasteiger partial charge in [-0.1, -0.05) is 179 Å². The van der Waals surface area contributed by atoms with Crippen LogP contribution in [-0.2, 0) is 10.8 Å². The second-order valence-electron chi connectivity index (χ2n) is 17.4. The van der Waals surface area contributed by atoms with Gasteiger partial charge in [0.15, 0.2) is 17.5 Å². The average molecular weight is 777 g/mol. The summed E-state index contributed by atoms with van der Waals surface area (Å²) in [6.45, 7) is 7.31. The summed E-state index contributed by atoms with van der Waals surface area (Å²) in [5.41, 5.74) is 12.0. The maximum atomic E-state index is 9.76. The zero-order chi connectivity index (χ0) is 40.8. The largest absolute Gasteiger partial charge is 0.208 e. The van der Waals surface area contributed by atoms with Crippen molar-refractivity contribution in [3.8, 4) is 51.4 Å². The quantitative estimate of drug-likeness (QED) is 0.151. The Morgan fingerprint density at radius 3 is 1.78 bits per heavy atom. The van der Waals surface area contributed by atoms with E-state index in [4.69, 9.17) is 15.0 Å². The molecule has 0 N–H and O–H groups in total. The SMILES string of the molecule is CCC1(c2ccc(C3(c4ccccc4)c4ccccc4-c4cc(-c5nc(-c6ccccc6)nc(-c6ccc7c(C#N)cccc7c6)n5)ccc43)cc2)C[C@H](C)CC[C@H](C)C1. The van der Waals surface area contributed by atoms with E-state index in [1.165, 1.54) is 64.6 Å². The molecule has 292 valence electrons. The molecule has 0 radical (unpaired) electrons. The van der Waals surface area contributed by atoms with Crippen molar-refractivity contribution in [1.82, 2.24) is 15.0 Å². The molecule has 2 unspecified atom stereocenters. The molecule has 0 aliphatic heterocycles. The van der Waals surface area contributed by atoms with Crippen LogP contribution in [-0.4, -0.2) is 15.0 Å². The highest BCUT2D eigenvalue weighted by Gasteiger charge is 2.46. The molecule has 0 saturated heterocycles. The third-order valence-corrected chi connectivity index (χ3v) is 13.7. The maximum absolute atomic E-state index is 9.76. The lowest BCUT2D eigenvalue weighted by Gasteiger charge is -2.37. The Morgan fingerprint density at radius 1 is 0.533 bits per heavy atom. The first kappa shape index (κ1) is 37.6. The Morgan fingerprint density at radius 2 is 1.10 bits per heavy atom. The van der Waals surface area contributed by atoms with E-state index in [2.05, 4.69) is 130 Å². The van der Waals surface area contributed by atoms with Crippen molar-refractivity contribution in [2.45, 2.75) is 63.7 Å². The zero-order valence-electron chi connectivity index (χ0n) is 34.6. The molecule has 0 bridgehead atoms. The number of nitriles is 1. The summed E-state index contributed by atoms with van der Waals surface area (Å²) in [6.07, 6.45) is 6.30. The summed E-state index contributed by atoms with van der Waals surface area (Å²) < 4.78 is 0. The van der Waals surface area contributed by atoms with E-state index < -0.39 is 5.41 Å². The standard InChI is InChI=1S/C56H48N4/c1-4-55(34-37(2)22-23-38(3)35-55)44-26-28-46(29-27-44)56(45-18-9-6-10-19-45)50-21-12-11-20-48(50)49-33-42(25-31-51(49)56)54-59-52(39-14-7-5-8-15-39)58-53(60-54)41-24-30-47-40(32-41)16-13-17-43(47)36-57/h5-21,24-33,37-38H,4,22-23,34-35H2,1-3H3/t37-,38+,55?,56?. The van der Waals surface area contributed by atoms with Crippen LogP contribution >= 0.6 is 0 Å². The Hall–Kier alpha value is -6.70. The third-order valence-electron chi connectivity index (χ3n) is 13.7. The van der Waals surface area contributed by atoms with Crippen LogP contribution < -0.4 is 0 Å². The number of fused-ring (bicyclic) bond motifs is 4. The topological polar surface area (TPSA) is 62.5 Å². The van der Waals surface area contributed by atoms with Gasteiger partial charge in [0.2, 0.25) is 0 Å². The molecular formula is C56H48N4. The van der Waals surface area contributed by atoms with Gasteiger partial charge in [-0.3, -0.25) is 0 Å². The highest BCUT2D eigenvalue weighted by atomic mass is 15.0. The molecule has 4 atom stereocenters. The van der Waals surface area contributed by atoms with Crippen molar-refractivity contribution >= 4 is 10.8 Å². The molecule has 1 heterocycles. The second-order valence-corrected chi connectivity index (χ2v) is 17.4. The van der Waals surface area contributed by atoms with Crippen LogP contribution in [0.3, 0.4) is 0 Å². The summed E-state index contributed by atoms with van der Waals surface area (Å²) in [7, 11) is 0. The number of aromatic nitrogens is 3. The van der Waals surface area contributed by atoms with Crippen molar-refractivity contribution in [3.05, 3.63) is 197 Å². The molecule has 0 amide bonds. The Bertz CT molecular complexity index is 2900. The molecule has 10 rings (SSSR count). The van der Waals surface area contributed by atoms with Gasteiger partial charge in [0, 0.05) is 16.7 Å². The van der Waals surface area contributed by atoms with Crippen molar-refractivity contribution in [2.24, 2.45) is 11.8 Å². The fourth-order valence-corrected chi connectivity index (χ4v) is 10.8. The van der Waals surface area contributed by atoms with Gasteiger partial charge in [0.25, 0.3) is 0 Å². The number of hydrogen-bond donors (Lipinski definition) is 0. The van der Waals surface area contributed by atoms with Crippen molar-refractivity contribution in [3.63, 3.8) is 0 Å². The minimum Gasteiger partial charge on any atom is -0.208 e. The Labute approximate surface area is 353 Å². The van der Waals surface area contributed by atoms with Gasteiger partial charge in [-0.2, -0.15) is 5.26 Å². The molecule has 1 fully saturated rings. The predicted molar refractivity (Wildman–Crippen MR) is 244 cm³/mol. The van der Waals surface area contributed by atoms with Gasteiger partial charge in [-0.05, 0) is 104 Å². The van der Waals surface area contributed by atoms with Gasteiger partial charge in [-0.15, -0.1) is 0 Å². The van der Waals surface area contributed by atoms with Crippen LogP contribution in [0.5, 0.6) is 0 Å². The van der Waals surface area contributed by atoms with Crippen molar-refractivity contribution in [2.75, 3.05) is 0 Å². The lowest BCUT2D eigenvalue weighted by atomic mass is 9.65. The molecule has 4 heteroatoms. The molecule has 0 spiro atoms. The highest BCUT2D eigenvalue weighted by Crippen LogP contribution is 2.57. The maximum Gasteiger partial charge on any atom is 0.164 e. The Balaban J connectivity index is 1.14. The fraction of sp³-hybridized carbons (Fsp3) is 0.214. The van der Waals surface area contributed by atoms with Gasteiger partial charge >= 0.3 is 0 Å². The first-order chi connectivity index (χ1) is 29.4. The van der Waals surface area contributed by atoms with E-state index in [1.807, 2.05) is 60.7 Å². The molecular weight excluding hydrogens is 729 g/mol. The normalized spacial score (nSPS) is 20.8. The summed E-state index contributed by atoms with van der Waals surface area (Å²) in [4.78, 5) is 15.4. The lowest BCUT2D eigenvalue weighted by molar-refractivity contribution is 0.295.